The first kappa shape index (κ1) is 13.7. The first-order valence-electron chi connectivity index (χ1n) is 6.88. The average molecular weight is 258 g/mol. The second-order valence-corrected chi connectivity index (χ2v) is 4.95. The van der Waals surface area contributed by atoms with Crippen LogP contribution in [0.5, 0.6) is 0 Å². The lowest BCUT2D eigenvalue weighted by atomic mass is 9.95. The van der Waals surface area contributed by atoms with Crippen molar-refractivity contribution in [3.63, 3.8) is 0 Å². The van der Waals surface area contributed by atoms with Gasteiger partial charge in [-0.05, 0) is 25.5 Å². The van der Waals surface area contributed by atoms with Gasteiger partial charge in [-0.3, -0.25) is 4.68 Å². The Kier molecular flexibility index (Phi) is 4.68. The molecule has 2 N–H and O–H groups in total. The Bertz CT molecular complexity index is 501. The van der Waals surface area contributed by atoms with Crippen LogP contribution in [-0.2, 0) is 13.0 Å². The second-order valence-electron chi connectivity index (χ2n) is 4.95. The van der Waals surface area contributed by atoms with Gasteiger partial charge in [0, 0.05) is 18.9 Å². The van der Waals surface area contributed by atoms with Crippen molar-refractivity contribution < 1.29 is 0 Å². The summed E-state index contributed by atoms with van der Waals surface area (Å²) in [6, 6.07) is 8.59. The summed E-state index contributed by atoms with van der Waals surface area (Å²) >= 11 is 0. The third kappa shape index (κ3) is 3.41. The third-order valence-electron chi connectivity index (χ3n) is 3.39. The zero-order valence-electron chi connectivity index (χ0n) is 11.7. The van der Waals surface area contributed by atoms with Crippen LogP contribution < -0.4 is 5.73 Å². The highest BCUT2D eigenvalue weighted by atomic mass is 15.3. The lowest BCUT2D eigenvalue weighted by molar-refractivity contribution is 0.545. The fourth-order valence-electron chi connectivity index (χ4n) is 2.24. The highest BCUT2D eigenvalue weighted by Crippen LogP contribution is 2.19. The number of hydrogen-bond acceptors (Lipinski definition) is 3. The summed E-state index contributed by atoms with van der Waals surface area (Å²) in [5, 5.41) is 4.27. The SMILES string of the molecule is CCCn1ncnc1CC(CN)c1ccc(C)cc1. The van der Waals surface area contributed by atoms with Crippen LogP contribution in [-0.4, -0.2) is 21.3 Å². The minimum absolute atomic E-state index is 0.306. The van der Waals surface area contributed by atoms with Crippen molar-refractivity contribution >= 4 is 0 Å². The highest BCUT2D eigenvalue weighted by Gasteiger charge is 2.14. The minimum atomic E-state index is 0.306. The largest absolute Gasteiger partial charge is 0.330 e. The van der Waals surface area contributed by atoms with E-state index in [1.165, 1.54) is 11.1 Å². The molecule has 0 saturated carbocycles. The van der Waals surface area contributed by atoms with Crippen molar-refractivity contribution in [2.75, 3.05) is 6.54 Å². The molecule has 0 spiro atoms. The van der Waals surface area contributed by atoms with Crippen molar-refractivity contribution in [3.8, 4) is 0 Å². The fourth-order valence-corrected chi connectivity index (χ4v) is 2.24. The van der Waals surface area contributed by atoms with Gasteiger partial charge in [-0.1, -0.05) is 36.8 Å². The molecule has 1 atom stereocenters. The molecule has 4 nitrogen and oxygen atoms in total. The molecular formula is C15H22N4. The molecule has 2 rings (SSSR count). The zero-order valence-corrected chi connectivity index (χ0v) is 11.7. The van der Waals surface area contributed by atoms with E-state index in [2.05, 4.69) is 48.2 Å². The molecule has 1 heterocycles. The lowest BCUT2D eigenvalue weighted by Crippen LogP contribution is -2.18. The van der Waals surface area contributed by atoms with Gasteiger partial charge in [0.1, 0.15) is 12.2 Å². The number of benzene rings is 1. The van der Waals surface area contributed by atoms with Crippen molar-refractivity contribution in [2.45, 2.75) is 39.2 Å². The smallest absolute Gasteiger partial charge is 0.138 e. The number of nitrogens with two attached hydrogens (primary N) is 1. The molecule has 0 bridgehead atoms. The molecule has 102 valence electrons. The molecule has 0 saturated heterocycles. The molecule has 19 heavy (non-hydrogen) atoms. The Morgan fingerprint density at radius 2 is 2.00 bits per heavy atom. The normalized spacial score (nSPS) is 12.6. The molecule has 1 unspecified atom stereocenters. The lowest BCUT2D eigenvalue weighted by Gasteiger charge is -2.15. The van der Waals surface area contributed by atoms with Gasteiger partial charge in [-0.2, -0.15) is 5.10 Å². The number of hydrogen-bond donors (Lipinski definition) is 1. The summed E-state index contributed by atoms with van der Waals surface area (Å²) in [7, 11) is 0. The van der Waals surface area contributed by atoms with Crippen LogP contribution in [0.1, 0.15) is 36.2 Å². The molecule has 0 amide bonds. The van der Waals surface area contributed by atoms with E-state index in [0.717, 1.165) is 25.2 Å². The van der Waals surface area contributed by atoms with Gasteiger partial charge in [0.05, 0.1) is 0 Å². The Hall–Kier alpha value is -1.68. The first-order chi connectivity index (χ1) is 9.24. The van der Waals surface area contributed by atoms with Crippen LogP contribution in [0.2, 0.25) is 0 Å². The van der Waals surface area contributed by atoms with Crippen molar-refractivity contribution in [1.29, 1.82) is 0 Å². The molecule has 1 aromatic heterocycles. The Morgan fingerprint density at radius 3 is 2.63 bits per heavy atom. The summed E-state index contributed by atoms with van der Waals surface area (Å²) in [4.78, 5) is 4.36. The number of rotatable bonds is 6. The standard InChI is InChI=1S/C15H22N4/c1-3-8-19-15(17-11-18-19)9-14(10-16)13-6-4-12(2)5-7-13/h4-7,11,14H,3,8-10,16H2,1-2H3. The average Bonchev–Trinajstić information content (AvgIpc) is 2.85. The molecular weight excluding hydrogens is 236 g/mol. The van der Waals surface area contributed by atoms with Gasteiger partial charge < -0.3 is 5.73 Å². The van der Waals surface area contributed by atoms with Crippen LogP contribution in [0.15, 0.2) is 30.6 Å². The van der Waals surface area contributed by atoms with Gasteiger partial charge in [-0.25, -0.2) is 4.98 Å². The van der Waals surface area contributed by atoms with E-state index >= 15 is 0 Å². The molecule has 4 heteroatoms. The number of nitrogens with zero attached hydrogens (tertiary/aromatic N) is 3. The van der Waals surface area contributed by atoms with Crippen molar-refractivity contribution in [1.82, 2.24) is 14.8 Å². The molecule has 0 aliphatic carbocycles. The maximum atomic E-state index is 5.93. The summed E-state index contributed by atoms with van der Waals surface area (Å²) in [6.45, 7) is 5.79. The van der Waals surface area contributed by atoms with E-state index in [1.807, 2.05) is 4.68 Å². The van der Waals surface area contributed by atoms with E-state index in [4.69, 9.17) is 5.73 Å². The molecule has 2 aromatic rings. The van der Waals surface area contributed by atoms with Gasteiger partial charge in [-0.15, -0.1) is 0 Å². The van der Waals surface area contributed by atoms with E-state index in [9.17, 15) is 0 Å². The monoisotopic (exact) mass is 258 g/mol. The van der Waals surface area contributed by atoms with Gasteiger partial charge in [0.25, 0.3) is 0 Å². The molecule has 0 aliphatic rings. The Balaban J connectivity index is 2.14. The minimum Gasteiger partial charge on any atom is -0.330 e. The summed E-state index contributed by atoms with van der Waals surface area (Å²) in [6.07, 6.45) is 3.54. The van der Waals surface area contributed by atoms with Crippen molar-refractivity contribution in [3.05, 3.63) is 47.5 Å². The summed E-state index contributed by atoms with van der Waals surface area (Å²) in [5.41, 5.74) is 8.47. The summed E-state index contributed by atoms with van der Waals surface area (Å²) < 4.78 is 1.98. The number of aryl methyl sites for hydroxylation is 2. The molecule has 0 fully saturated rings. The van der Waals surface area contributed by atoms with E-state index in [1.54, 1.807) is 6.33 Å². The topological polar surface area (TPSA) is 56.7 Å². The van der Waals surface area contributed by atoms with Crippen LogP contribution in [0.3, 0.4) is 0 Å². The van der Waals surface area contributed by atoms with Crippen LogP contribution in [0.4, 0.5) is 0 Å². The zero-order chi connectivity index (χ0) is 13.7. The second kappa shape index (κ2) is 6.48. The fraction of sp³-hybridized carbons (Fsp3) is 0.467. The van der Waals surface area contributed by atoms with Crippen LogP contribution >= 0.6 is 0 Å². The quantitative estimate of drug-likeness (QED) is 0.864. The molecule has 1 aromatic carbocycles. The predicted molar refractivity (Wildman–Crippen MR) is 77.0 cm³/mol. The van der Waals surface area contributed by atoms with Gasteiger partial charge in [0.2, 0.25) is 0 Å². The van der Waals surface area contributed by atoms with E-state index in [-0.39, 0.29) is 0 Å². The first-order valence-corrected chi connectivity index (χ1v) is 6.88. The van der Waals surface area contributed by atoms with E-state index in [0.29, 0.717) is 12.5 Å². The Labute approximate surface area is 114 Å². The van der Waals surface area contributed by atoms with Crippen LogP contribution in [0.25, 0.3) is 0 Å². The van der Waals surface area contributed by atoms with Gasteiger partial charge in [0.15, 0.2) is 0 Å². The van der Waals surface area contributed by atoms with Crippen molar-refractivity contribution in [2.24, 2.45) is 5.73 Å². The predicted octanol–water partition coefficient (Wildman–Crippen LogP) is 2.28. The maximum Gasteiger partial charge on any atom is 0.138 e. The molecule has 0 radical (unpaired) electrons. The maximum absolute atomic E-state index is 5.93. The third-order valence-corrected chi connectivity index (χ3v) is 3.39. The van der Waals surface area contributed by atoms with Crippen LogP contribution in [0, 0.1) is 6.92 Å². The van der Waals surface area contributed by atoms with Gasteiger partial charge >= 0.3 is 0 Å². The summed E-state index contributed by atoms with van der Waals surface area (Å²) in [5.74, 6) is 1.33. The molecule has 0 aliphatic heterocycles. The highest BCUT2D eigenvalue weighted by molar-refractivity contribution is 5.25. The van der Waals surface area contributed by atoms with E-state index < -0.39 is 0 Å². The Morgan fingerprint density at radius 1 is 1.26 bits per heavy atom. The number of aromatic nitrogens is 3.